The van der Waals surface area contributed by atoms with Crippen LogP contribution < -0.4 is 10.6 Å². The number of nitrogens with two attached hydrogens (primary N) is 1. The molecular weight excluding hydrogens is 196 g/mol. The molecule has 0 unspecified atom stereocenters. The number of rotatable bonds is 2. The summed E-state index contributed by atoms with van der Waals surface area (Å²) in [7, 11) is 4.06. The van der Waals surface area contributed by atoms with Crippen molar-refractivity contribution in [3.8, 4) is 11.1 Å². The van der Waals surface area contributed by atoms with Crippen LogP contribution >= 0.6 is 0 Å². The third-order valence-electron chi connectivity index (χ3n) is 2.62. The predicted molar refractivity (Wildman–Crippen MR) is 70.6 cm³/mol. The number of nitrogens with zero attached hydrogens (tertiary/aromatic N) is 1. The molecule has 2 aromatic carbocycles. The summed E-state index contributed by atoms with van der Waals surface area (Å²) in [6, 6.07) is 16.2. The highest BCUT2D eigenvalue weighted by molar-refractivity contribution is 5.87. The van der Waals surface area contributed by atoms with Crippen molar-refractivity contribution in [2.24, 2.45) is 0 Å². The maximum Gasteiger partial charge on any atom is 0.0461 e. The van der Waals surface area contributed by atoms with Crippen molar-refractivity contribution in [2.45, 2.75) is 0 Å². The van der Waals surface area contributed by atoms with Gasteiger partial charge in [0.05, 0.1) is 0 Å². The molecule has 0 heterocycles. The van der Waals surface area contributed by atoms with Crippen molar-refractivity contribution in [3.05, 3.63) is 48.5 Å². The van der Waals surface area contributed by atoms with Gasteiger partial charge in [-0.1, -0.05) is 36.4 Å². The number of hydrogen-bond acceptors (Lipinski definition) is 2. The van der Waals surface area contributed by atoms with Gasteiger partial charge in [0.1, 0.15) is 0 Å². The van der Waals surface area contributed by atoms with E-state index in [1.807, 2.05) is 44.4 Å². The van der Waals surface area contributed by atoms with Crippen LogP contribution in [-0.2, 0) is 0 Å². The van der Waals surface area contributed by atoms with E-state index in [2.05, 4.69) is 23.1 Å². The maximum absolute atomic E-state index is 6.06. The average Bonchev–Trinajstić information content (AvgIpc) is 2.29. The Balaban J connectivity index is 2.64. The Labute approximate surface area is 96.3 Å². The molecule has 2 rings (SSSR count). The van der Waals surface area contributed by atoms with E-state index in [-0.39, 0.29) is 0 Å². The molecule has 0 aliphatic carbocycles. The van der Waals surface area contributed by atoms with Crippen molar-refractivity contribution in [1.82, 2.24) is 0 Å². The number of benzene rings is 2. The molecule has 2 N–H and O–H groups in total. The summed E-state index contributed by atoms with van der Waals surface area (Å²) in [5.74, 6) is 0. The standard InChI is InChI=1S/C14H16N2/c1-16(2)13-10-6-9-12(15)14(13)11-7-4-3-5-8-11/h3-10H,15H2,1-2H3. The highest BCUT2D eigenvalue weighted by Crippen LogP contribution is 2.34. The molecule has 0 aliphatic rings. The summed E-state index contributed by atoms with van der Waals surface area (Å²) in [5, 5.41) is 0. The Kier molecular flexibility index (Phi) is 2.82. The van der Waals surface area contributed by atoms with Crippen LogP contribution in [0.5, 0.6) is 0 Å². The minimum atomic E-state index is 0.817. The molecule has 2 aromatic rings. The molecule has 0 bridgehead atoms. The zero-order chi connectivity index (χ0) is 11.5. The Bertz CT molecular complexity index is 475. The molecule has 0 radical (unpaired) electrons. The fourth-order valence-electron chi connectivity index (χ4n) is 1.85. The van der Waals surface area contributed by atoms with Crippen LogP contribution in [0.15, 0.2) is 48.5 Å². The van der Waals surface area contributed by atoms with Gasteiger partial charge in [0.25, 0.3) is 0 Å². The van der Waals surface area contributed by atoms with Gasteiger partial charge in [0, 0.05) is 31.0 Å². The third-order valence-corrected chi connectivity index (χ3v) is 2.62. The molecule has 0 saturated heterocycles. The lowest BCUT2D eigenvalue weighted by Crippen LogP contribution is -2.10. The molecule has 2 heteroatoms. The van der Waals surface area contributed by atoms with Crippen LogP contribution in [-0.4, -0.2) is 14.1 Å². The van der Waals surface area contributed by atoms with Crippen LogP contribution in [0.3, 0.4) is 0 Å². The molecule has 0 fully saturated rings. The fourth-order valence-corrected chi connectivity index (χ4v) is 1.85. The zero-order valence-electron chi connectivity index (χ0n) is 9.64. The molecule has 82 valence electrons. The molecule has 16 heavy (non-hydrogen) atoms. The third kappa shape index (κ3) is 1.87. The molecule has 0 atom stereocenters. The van der Waals surface area contributed by atoms with Crippen molar-refractivity contribution in [3.63, 3.8) is 0 Å². The van der Waals surface area contributed by atoms with Gasteiger partial charge in [0.15, 0.2) is 0 Å². The van der Waals surface area contributed by atoms with E-state index in [1.54, 1.807) is 0 Å². The smallest absolute Gasteiger partial charge is 0.0461 e. The van der Waals surface area contributed by atoms with E-state index in [0.29, 0.717) is 0 Å². The van der Waals surface area contributed by atoms with Gasteiger partial charge in [-0.05, 0) is 17.7 Å². The van der Waals surface area contributed by atoms with Crippen molar-refractivity contribution in [2.75, 3.05) is 24.7 Å². The van der Waals surface area contributed by atoms with E-state index < -0.39 is 0 Å². The minimum absolute atomic E-state index is 0.817. The van der Waals surface area contributed by atoms with Gasteiger partial charge >= 0.3 is 0 Å². The van der Waals surface area contributed by atoms with E-state index in [1.165, 1.54) is 0 Å². The molecule has 0 aliphatic heterocycles. The maximum atomic E-state index is 6.06. The first-order valence-corrected chi connectivity index (χ1v) is 5.31. The van der Waals surface area contributed by atoms with Crippen LogP contribution in [0.2, 0.25) is 0 Å². The monoisotopic (exact) mass is 212 g/mol. The summed E-state index contributed by atoms with van der Waals surface area (Å²) in [6.45, 7) is 0. The van der Waals surface area contributed by atoms with E-state index in [4.69, 9.17) is 5.73 Å². The molecular formula is C14H16N2. The number of anilines is 2. The minimum Gasteiger partial charge on any atom is -0.398 e. The SMILES string of the molecule is CN(C)c1cccc(N)c1-c1ccccc1. The Morgan fingerprint density at radius 1 is 0.875 bits per heavy atom. The summed E-state index contributed by atoms with van der Waals surface area (Å²) in [5.41, 5.74) is 10.3. The quantitative estimate of drug-likeness (QED) is 0.775. The first kappa shape index (κ1) is 10.6. The lowest BCUT2D eigenvalue weighted by Gasteiger charge is -2.19. The lowest BCUT2D eigenvalue weighted by atomic mass is 10.0. The average molecular weight is 212 g/mol. The summed E-state index contributed by atoms with van der Waals surface area (Å²) >= 11 is 0. The number of hydrogen-bond donors (Lipinski definition) is 1. The molecule has 0 spiro atoms. The van der Waals surface area contributed by atoms with E-state index in [9.17, 15) is 0 Å². The van der Waals surface area contributed by atoms with Crippen molar-refractivity contribution < 1.29 is 0 Å². The van der Waals surface area contributed by atoms with Crippen LogP contribution in [0.4, 0.5) is 11.4 Å². The van der Waals surface area contributed by atoms with Gasteiger partial charge in [-0.15, -0.1) is 0 Å². The zero-order valence-corrected chi connectivity index (χ0v) is 9.64. The summed E-state index contributed by atoms with van der Waals surface area (Å²) in [4.78, 5) is 2.08. The van der Waals surface area contributed by atoms with Gasteiger partial charge in [-0.3, -0.25) is 0 Å². The van der Waals surface area contributed by atoms with E-state index in [0.717, 1.165) is 22.5 Å². The topological polar surface area (TPSA) is 29.3 Å². The van der Waals surface area contributed by atoms with Gasteiger partial charge < -0.3 is 10.6 Å². The van der Waals surface area contributed by atoms with Crippen molar-refractivity contribution in [1.29, 1.82) is 0 Å². The van der Waals surface area contributed by atoms with Crippen LogP contribution in [0.25, 0.3) is 11.1 Å². The first-order chi connectivity index (χ1) is 7.70. The molecule has 0 amide bonds. The Morgan fingerprint density at radius 2 is 1.56 bits per heavy atom. The van der Waals surface area contributed by atoms with Crippen LogP contribution in [0, 0.1) is 0 Å². The van der Waals surface area contributed by atoms with Gasteiger partial charge in [-0.25, -0.2) is 0 Å². The largest absolute Gasteiger partial charge is 0.398 e. The van der Waals surface area contributed by atoms with Gasteiger partial charge in [0.2, 0.25) is 0 Å². The second-order valence-corrected chi connectivity index (χ2v) is 4.00. The molecule has 0 aromatic heterocycles. The van der Waals surface area contributed by atoms with Gasteiger partial charge in [-0.2, -0.15) is 0 Å². The summed E-state index contributed by atoms with van der Waals surface area (Å²) in [6.07, 6.45) is 0. The number of nitrogen functional groups attached to an aromatic ring is 1. The fraction of sp³-hybridized carbons (Fsp3) is 0.143. The first-order valence-electron chi connectivity index (χ1n) is 5.31. The van der Waals surface area contributed by atoms with Crippen LogP contribution in [0.1, 0.15) is 0 Å². The highest BCUT2D eigenvalue weighted by Gasteiger charge is 2.09. The second kappa shape index (κ2) is 4.27. The highest BCUT2D eigenvalue weighted by atomic mass is 15.1. The molecule has 2 nitrogen and oxygen atoms in total. The van der Waals surface area contributed by atoms with Crippen molar-refractivity contribution >= 4 is 11.4 Å². The normalized spacial score (nSPS) is 10.1. The predicted octanol–water partition coefficient (Wildman–Crippen LogP) is 3.00. The lowest BCUT2D eigenvalue weighted by molar-refractivity contribution is 1.13. The summed E-state index contributed by atoms with van der Waals surface area (Å²) < 4.78 is 0. The molecule has 0 saturated carbocycles. The Hall–Kier alpha value is -1.96. The second-order valence-electron chi connectivity index (χ2n) is 4.00. The Morgan fingerprint density at radius 3 is 2.19 bits per heavy atom. The van der Waals surface area contributed by atoms with E-state index >= 15 is 0 Å².